The van der Waals surface area contributed by atoms with Crippen molar-refractivity contribution in [3.05, 3.63) is 50.4 Å². The van der Waals surface area contributed by atoms with Gasteiger partial charge in [-0.2, -0.15) is 0 Å². The molecule has 0 spiro atoms. The van der Waals surface area contributed by atoms with Crippen LogP contribution in [0.2, 0.25) is 8.67 Å². The molecule has 1 fully saturated rings. The van der Waals surface area contributed by atoms with Crippen LogP contribution in [-0.4, -0.2) is 46.9 Å². The smallest absolute Gasteiger partial charge is 0.256 e. The molecule has 4 nitrogen and oxygen atoms in total. The van der Waals surface area contributed by atoms with Crippen LogP contribution in [0, 0.1) is 0 Å². The first-order chi connectivity index (χ1) is 10.6. The lowest BCUT2D eigenvalue weighted by molar-refractivity contribution is 0.0629. The van der Waals surface area contributed by atoms with Gasteiger partial charge in [0.15, 0.2) is 0 Å². The van der Waals surface area contributed by atoms with Crippen LogP contribution in [0.3, 0.4) is 0 Å². The normalized spacial score (nSPS) is 16.0. The van der Waals surface area contributed by atoms with Gasteiger partial charge in [0.1, 0.15) is 4.34 Å². The average molecular weight is 356 g/mol. The molecule has 0 aromatic carbocycles. The Morgan fingerprint density at radius 3 is 2.45 bits per heavy atom. The van der Waals surface area contributed by atoms with Crippen molar-refractivity contribution in [1.29, 1.82) is 0 Å². The highest BCUT2D eigenvalue weighted by Crippen LogP contribution is 2.32. The van der Waals surface area contributed by atoms with Crippen molar-refractivity contribution in [3.63, 3.8) is 0 Å². The maximum Gasteiger partial charge on any atom is 0.256 e. The fourth-order valence-corrected chi connectivity index (χ4v) is 3.96. The Morgan fingerprint density at radius 2 is 1.86 bits per heavy atom. The summed E-state index contributed by atoms with van der Waals surface area (Å²) in [6, 6.07) is 5.69. The Balaban J connectivity index is 1.57. The van der Waals surface area contributed by atoms with Crippen LogP contribution < -0.4 is 0 Å². The van der Waals surface area contributed by atoms with Gasteiger partial charge < -0.3 is 4.90 Å². The molecule has 116 valence electrons. The van der Waals surface area contributed by atoms with E-state index in [9.17, 15) is 4.79 Å². The molecule has 0 unspecified atom stereocenters. The molecule has 0 bridgehead atoms. The van der Waals surface area contributed by atoms with Crippen molar-refractivity contribution in [1.82, 2.24) is 14.8 Å². The van der Waals surface area contributed by atoms with Crippen molar-refractivity contribution in [2.24, 2.45) is 0 Å². The number of amides is 1. The molecule has 0 radical (unpaired) electrons. The number of carbonyl (C=O) groups is 1. The lowest BCUT2D eigenvalue weighted by atomic mass is 10.2. The van der Waals surface area contributed by atoms with E-state index in [0.717, 1.165) is 19.6 Å². The van der Waals surface area contributed by atoms with Gasteiger partial charge in [0.05, 0.1) is 9.90 Å². The summed E-state index contributed by atoms with van der Waals surface area (Å²) in [7, 11) is 0. The average Bonchev–Trinajstić information content (AvgIpc) is 2.87. The van der Waals surface area contributed by atoms with Gasteiger partial charge in [0, 0.05) is 45.1 Å². The summed E-state index contributed by atoms with van der Waals surface area (Å²) in [6.07, 6.45) is 3.61. The number of carbonyl (C=O) groups excluding carboxylic acids is 1. The maximum absolute atomic E-state index is 12.5. The fourth-order valence-electron chi connectivity index (χ4n) is 2.51. The molecule has 2 aromatic heterocycles. The van der Waals surface area contributed by atoms with Crippen molar-refractivity contribution >= 4 is 40.4 Å². The second-order valence-electron chi connectivity index (χ2n) is 5.16. The molecule has 7 heteroatoms. The number of pyridine rings is 1. The monoisotopic (exact) mass is 355 g/mol. The predicted molar refractivity (Wildman–Crippen MR) is 89.8 cm³/mol. The second kappa shape index (κ2) is 6.96. The molecule has 1 saturated heterocycles. The first-order valence-corrected chi connectivity index (χ1v) is 8.56. The van der Waals surface area contributed by atoms with Crippen molar-refractivity contribution < 1.29 is 4.79 Å². The van der Waals surface area contributed by atoms with Crippen molar-refractivity contribution in [3.8, 4) is 0 Å². The summed E-state index contributed by atoms with van der Waals surface area (Å²) in [5, 5.41) is 0. The Hall–Kier alpha value is -1.14. The van der Waals surface area contributed by atoms with E-state index in [1.165, 1.54) is 16.9 Å². The van der Waals surface area contributed by atoms with E-state index < -0.39 is 0 Å². The van der Waals surface area contributed by atoms with Crippen LogP contribution in [0.25, 0.3) is 0 Å². The minimum atomic E-state index is -0.0308. The summed E-state index contributed by atoms with van der Waals surface area (Å²) >= 11 is 13.2. The molecule has 3 heterocycles. The standard InChI is InChI=1S/C15H15Cl2N3OS/c16-13-9-12(14(17)22-13)15(21)20-7-5-19(6-8-20)10-11-1-3-18-4-2-11/h1-4,9H,5-8,10H2. The van der Waals surface area contributed by atoms with Crippen LogP contribution in [-0.2, 0) is 6.54 Å². The number of rotatable bonds is 3. The highest BCUT2D eigenvalue weighted by atomic mass is 35.5. The number of hydrogen-bond donors (Lipinski definition) is 0. The third-order valence-corrected chi connectivity index (χ3v) is 5.19. The Morgan fingerprint density at radius 1 is 1.18 bits per heavy atom. The number of thiophene rings is 1. The molecule has 2 aromatic rings. The zero-order valence-electron chi connectivity index (χ0n) is 11.8. The lowest BCUT2D eigenvalue weighted by Gasteiger charge is -2.34. The van der Waals surface area contributed by atoms with Gasteiger partial charge in [-0.15, -0.1) is 11.3 Å². The maximum atomic E-state index is 12.5. The molecule has 3 rings (SSSR count). The fraction of sp³-hybridized carbons (Fsp3) is 0.333. The van der Waals surface area contributed by atoms with Gasteiger partial charge in [-0.3, -0.25) is 14.7 Å². The molecule has 1 aliphatic heterocycles. The molecular formula is C15H15Cl2N3OS. The second-order valence-corrected chi connectivity index (χ2v) is 7.45. The van der Waals surface area contributed by atoms with Crippen LogP contribution >= 0.6 is 34.5 Å². The predicted octanol–water partition coefficient (Wildman–Crippen LogP) is 3.41. The van der Waals surface area contributed by atoms with E-state index in [2.05, 4.69) is 9.88 Å². The molecule has 0 saturated carbocycles. The number of aromatic nitrogens is 1. The minimum Gasteiger partial charge on any atom is -0.336 e. The Bertz CT molecular complexity index is 654. The molecule has 1 amide bonds. The number of nitrogens with zero attached hydrogens (tertiary/aromatic N) is 3. The highest BCUT2D eigenvalue weighted by Gasteiger charge is 2.24. The van der Waals surface area contributed by atoms with Crippen LogP contribution in [0.1, 0.15) is 15.9 Å². The molecule has 0 N–H and O–H groups in total. The summed E-state index contributed by atoms with van der Waals surface area (Å²) < 4.78 is 1.01. The molecule has 1 aliphatic rings. The third kappa shape index (κ3) is 3.60. The zero-order chi connectivity index (χ0) is 15.5. The van der Waals surface area contributed by atoms with E-state index in [-0.39, 0.29) is 5.91 Å². The first kappa shape index (κ1) is 15.7. The van der Waals surface area contributed by atoms with Crippen LogP contribution in [0.5, 0.6) is 0 Å². The van der Waals surface area contributed by atoms with Crippen LogP contribution in [0.4, 0.5) is 0 Å². The quantitative estimate of drug-likeness (QED) is 0.846. The van der Waals surface area contributed by atoms with Gasteiger partial charge in [-0.05, 0) is 23.8 Å². The third-order valence-electron chi connectivity index (χ3n) is 3.70. The summed E-state index contributed by atoms with van der Waals surface area (Å²) in [5.41, 5.74) is 1.75. The van der Waals surface area contributed by atoms with E-state index >= 15 is 0 Å². The largest absolute Gasteiger partial charge is 0.336 e. The number of hydrogen-bond acceptors (Lipinski definition) is 4. The summed E-state index contributed by atoms with van der Waals surface area (Å²) in [6.45, 7) is 3.99. The SMILES string of the molecule is O=C(c1cc(Cl)sc1Cl)N1CCN(Cc2ccncc2)CC1. The van der Waals surface area contributed by atoms with E-state index in [4.69, 9.17) is 23.2 Å². The molecule has 0 atom stereocenters. The molecule has 22 heavy (non-hydrogen) atoms. The number of halogens is 2. The van der Waals surface area contributed by atoms with E-state index in [0.29, 0.717) is 27.3 Å². The van der Waals surface area contributed by atoms with Gasteiger partial charge in [-0.1, -0.05) is 23.2 Å². The topological polar surface area (TPSA) is 36.4 Å². The van der Waals surface area contributed by atoms with E-state index in [1.54, 1.807) is 18.5 Å². The minimum absolute atomic E-state index is 0.0308. The highest BCUT2D eigenvalue weighted by molar-refractivity contribution is 7.20. The Labute approximate surface area is 143 Å². The first-order valence-electron chi connectivity index (χ1n) is 6.99. The summed E-state index contributed by atoms with van der Waals surface area (Å²) in [5.74, 6) is -0.0308. The lowest BCUT2D eigenvalue weighted by Crippen LogP contribution is -2.48. The van der Waals surface area contributed by atoms with E-state index in [1.807, 2.05) is 17.0 Å². The molecule has 0 aliphatic carbocycles. The zero-order valence-corrected chi connectivity index (χ0v) is 14.2. The van der Waals surface area contributed by atoms with Crippen molar-refractivity contribution in [2.45, 2.75) is 6.54 Å². The Kier molecular flexibility index (Phi) is 4.98. The van der Waals surface area contributed by atoms with Gasteiger partial charge in [-0.25, -0.2) is 0 Å². The number of piperazine rings is 1. The van der Waals surface area contributed by atoms with Gasteiger partial charge in [0.25, 0.3) is 5.91 Å². The van der Waals surface area contributed by atoms with Gasteiger partial charge in [0.2, 0.25) is 0 Å². The van der Waals surface area contributed by atoms with Crippen molar-refractivity contribution in [2.75, 3.05) is 26.2 Å². The van der Waals surface area contributed by atoms with Crippen LogP contribution in [0.15, 0.2) is 30.6 Å². The molecular weight excluding hydrogens is 341 g/mol. The van der Waals surface area contributed by atoms with Gasteiger partial charge >= 0.3 is 0 Å². The summed E-state index contributed by atoms with van der Waals surface area (Å²) in [4.78, 5) is 20.7.